The number of thiocarbonyl (C=S) groups is 1. The molecule has 0 aromatic heterocycles. The molecular formula is C24H29ClN2O2S. The van der Waals surface area contributed by atoms with E-state index in [-0.39, 0.29) is 11.5 Å². The second kappa shape index (κ2) is 10.3. The van der Waals surface area contributed by atoms with Crippen molar-refractivity contribution >= 4 is 40.6 Å². The van der Waals surface area contributed by atoms with Crippen LogP contribution in [-0.4, -0.2) is 23.2 Å². The third-order valence-electron chi connectivity index (χ3n) is 5.85. The maximum absolute atomic E-state index is 12.2. The Balaban J connectivity index is 1.68. The number of rotatable bonds is 7. The van der Waals surface area contributed by atoms with Crippen LogP contribution in [0, 0.1) is 6.92 Å². The lowest BCUT2D eigenvalue weighted by atomic mass is 9.89. The van der Waals surface area contributed by atoms with Crippen molar-refractivity contribution in [3.05, 3.63) is 64.2 Å². The molecule has 2 aromatic rings. The highest BCUT2D eigenvalue weighted by Crippen LogP contribution is 2.34. The largest absolute Gasteiger partial charge is 0.462 e. The normalized spacial score (nSPS) is 14.9. The van der Waals surface area contributed by atoms with E-state index in [1.807, 2.05) is 37.3 Å². The summed E-state index contributed by atoms with van der Waals surface area (Å²) >= 11 is 12.0. The summed E-state index contributed by atoms with van der Waals surface area (Å²) in [5, 5.41) is 8.29. The Morgan fingerprint density at radius 1 is 1.17 bits per heavy atom. The molecule has 6 heteroatoms. The number of anilines is 1. The standard InChI is InChI=1S/C24H29ClN2O2S/c1-3-29-22(28)19-10-8-12-21(17(19)2)26-23(30)27-24(14-6-7-15-24)16-13-18-9-4-5-11-20(18)25/h4-5,8-12H,3,6-7,13-16H2,1-2H3,(H2,26,27,30). The van der Waals surface area contributed by atoms with Gasteiger partial charge in [0.25, 0.3) is 0 Å². The van der Waals surface area contributed by atoms with E-state index in [1.165, 1.54) is 18.4 Å². The van der Waals surface area contributed by atoms with Crippen molar-refractivity contribution in [3.63, 3.8) is 0 Å². The molecule has 1 aliphatic carbocycles. The van der Waals surface area contributed by atoms with E-state index in [4.69, 9.17) is 28.6 Å². The maximum atomic E-state index is 12.2. The van der Waals surface area contributed by atoms with Gasteiger partial charge < -0.3 is 15.4 Å². The Labute approximate surface area is 189 Å². The molecule has 4 nitrogen and oxygen atoms in total. The first kappa shape index (κ1) is 22.6. The molecule has 2 aromatic carbocycles. The molecule has 0 atom stereocenters. The summed E-state index contributed by atoms with van der Waals surface area (Å²) in [4.78, 5) is 12.2. The van der Waals surface area contributed by atoms with Crippen molar-refractivity contribution in [2.24, 2.45) is 0 Å². The van der Waals surface area contributed by atoms with Gasteiger partial charge in [0.15, 0.2) is 5.11 Å². The monoisotopic (exact) mass is 444 g/mol. The highest BCUT2D eigenvalue weighted by atomic mass is 35.5. The molecule has 160 valence electrons. The average molecular weight is 445 g/mol. The van der Waals surface area contributed by atoms with E-state index in [0.717, 1.165) is 42.0 Å². The summed E-state index contributed by atoms with van der Waals surface area (Å²) in [6.07, 6.45) is 6.43. The predicted octanol–water partition coefficient (Wildman–Crippen LogP) is 6.06. The lowest BCUT2D eigenvalue weighted by Gasteiger charge is -2.32. The molecule has 2 N–H and O–H groups in total. The second-order valence-corrected chi connectivity index (χ2v) is 8.67. The zero-order valence-corrected chi connectivity index (χ0v) is 19.2. The first-order chi connectivity index (χ1) is 14.4. The topological polar surface area (TPSA) is 50.4 Å². The Bertz CT molecular complexity index is 910. The molecule has 0 saturated heterocycles. The molecule has 0 aliphatic heterocycles. The van der Waals surface area contributed by atoms with E-state index in [1.54, 1.807) is 13.0 Å². The van der Waals surface area contributed by atoms with Gasteiger partial charge in [-0.15, -0.1) is 0 Å². The third kappa shape index (κ3) is 5.52. The van der Waals surface area contributed by atoms with Crippen LogP contribution >= 0.6 is 23.8 Å². The minimum atomic E-state index is -0.315. The molecule has 0 unspecified atom stereocenters. The van der Waals surface area contributed by atoms with Gasteiger partial charge >= 0.3 is 5.97 Å². The number of halogens is 1. The van der Waals surface area contributed by atoms with Gasteiger partial charge in [-0.05, 0) is 81.1 Å². The highest BCUT2D eigenvalue weighted by Gasteiger charge is 2.34. The van der Waals surface area contributed by atoms with Crippen molar-refractivity contribution in [1.29, 1.82) is 0 Å². The molecule has 0 bridgehead atoms. The van der Waals surface area contributed by atoms with Gasteiger partial charge in [0.2, 0.25) is 0 Å². The number of esters is 1. The fraction of sp³-hybridized carbons (Fsp3) is 0.417. The molecule has 1 saturated carbocycles. The number of hydrogen-bond acceptors (Lipinski definition) is 3. The van der Waals surface area contributed by atoms with E-state index in [2.05, 4.69) is 16.7 Å². The van der Waals surface area contributed by atoms with Crippen LogP contribution in [0.2, 0.25) is 5.02 Å². The van der Waals surface area contributed by atoms with Crippen LogP contribution in [0.1, 0.15) is 60.5 Å². The molecule has 0 amide bonds. The van der Waals surface area contributed by atoms with E-state index in [0.29, 0.717) is 17.3 Å². The highest BCUT2D eigenvalue weighted by molar-refractivity contribution is 7.80. The van der Waals surface area contributed by atoms with Crippen molar-refractivity contribution in [2.75, 3.05) is 11.9 Å². The summed E-state index contributed by atoms with van der Waals surface area (Å²) < 4.78 is 5.15. The zero-order valence-electron chi connectivity index (χ0n) is 17.6. The van der Waals surface area contributed by atoms with Crippen LogP contribution in [0.4, 0.5) is 5.69 Å². The summed E-state index contributed by atoms with van der Waals surface area (Å²) in [6, 6.07) is 13.6. The Morgan fingerprint density at radius 3 is 2.60 bits per heavy atom. The van der Waals surface area contributed by atoms with Crippen molar-refractivity contribution in [3.8, 4) is 0 Å². The summed E-state index contributed by atoms with van der Waals surface area (Å²) in [5.41, 5.74) is 3.34. The first-order valence-electron chi connectivity index (χ1n) is 10.5. The van der Waals surface area contributed by atoms with Crippen LogP contribution in [-0.2, 0) is 11.2 Å². The number of ether oxygens (including phenoxy) is 1. The molecule has 0 heterocycles. The lowest BCUT2D eigenvalue weighted by Crippen LogP contribution is -2.48. The molecule has 1 aliphatic rings. The molecule has 0 spiro atoms. The van der Waals surface area contributed by atoms with E-state index >= 15 is 0 Å². The fourth-order valence-electron chi connectivity index (χ4n) is 4.16. The van der Waals surface area contributed by atoms with Crippen molar-refractivity contribution < 1.29 is 9.53 Å². The van der Waals surface area contributed by atoms with Crippen molar-refractivity contribution in [1.82, 2.24) is 5.32 Å². The summed E-state index contributed by atoms with van der Waals surface area (Å²) in [6.45, 7) is 4.06. The fourth-order valence-corrected chi connectivity index (χ4v) is 4.72. The zero-order chi connectivity index (χ0) is 21.6. The van der Waals surface area contributed by atoms with Crippen LogP contribution in [0.25, 0.3) is 0 Å². The molecular weight excluding hydrogens is 416 g/mol. The number of carbonyl (C=O) groups excluding carboxylic acids is 1. The Hall–Kier alpha value is -2.11. The van der Waals surface area contributed by atoms with Crippen LogP contribution in [0.5, 0.6) is 0 Å². The predicted molar refractivity (Wildman–Crippen MR) is 127 cm³/mol. The van der Waals surface area contributed by atoms with E-state index < -0.39 is 0 Å². The van der Waals surface area contributed by atoms with Crippen LogP contribution in [0.3, 0.4) is 0 Å². The second-order valence-electron chi connectivity index (χ2n) is 7.86. The Kier molecular flexibility index (Phi) is 7.73. The maximum Gasteiger partial charge on any atom is 0.338 e. The van der Waals surface area contributed by atoms with Gasteiger partial charge in [-0.25, -0.2) is 4.79 Å². The van der Waals surface area contributed by atoms with Crippen LogP contribution in [0.15, 0.2) is 42.5 Å². The van der Waals surface area contributed by atoms with Crippen molar-refractivity contribution in [2.45, 2.75) is 57.9 Å². The summed E-state index contributed by atoms with van der Waals surface area (Å²) in [5.74, 6) is -0.315. The minimum Gasteiger partial charge on any atom is -0.462 e. The first-order valence-corrected chi connectivity index (χ1v) is 11.3. The smallest absolute Gasteiger partial charge is 0.338 e. The van der Waals surface area contributed by atoms with Gasteiger partial charge in [0.05, 0.1) is 12.2 Å². The molecule has 0 radical (unpaired) electrons. The average Bonchev–Trinajstić information content (AvgIpc) is 3.17. The number of nitrogens with one attached hydrogen (secondary N) is 2. The SMILES string of the molecule is CCOC(=O)c1cccc(NC(=S)NC2(CCc3ccccc3Cl)CCCC2)c1C. The minimum absolute atomic E-state index is 0.0318. The Morgan fingerprint density at radius 2 is 1.90 bits per heavy atom. The third-order valence-corrected chi connectivity index (χ3v) is 6.42. The van der Waals surface area contributed by atoms with Gasteiger partial charge in [0, 0.05) is 16.2 Å². The summed E-state index contributed by atoms with van der Waals surface area (Å²) in [7, 11) is 0. The van der Waals surface area contributed by atoms with Gasteiger partial charge in [0.1, 0.15) is 0 Å². The number of carbonyl (C=O) groups is 1. The molecule has 1 fully saturated rings. The van der Waals surface area contributed by atoms with Gasteiger partial charge in [-0.2, -0.15) is 0 Å². The quantitative estimate of drug-likeness (QED) is 0.401. The molecule has 3 rings (SSSR count). The number of hydrogen-bond donors (Lipinski definition) is 2. The van der Waals surface area contributed by atoms with E-state index in [9.17, 15) is 4.79 Å². The van der Waals surface area contributed by atoms with Gasteiger partial charge in [-0.3, -0.25) is 0 Å². The molecule has 30 heavy (non-hydrogen) atoms. The number of aryl methyl sites for hydroxylation is 1. The van der Waals surface area contributed by atoms with Gasteiger partial charge in [-0.1, -0.05) is 48.7 Å². The lowest BCUT2D eigenvalue weighted by molar-refractivity contribution is 0.0525. The number of benzene rings is 2. The van der Waals surface area contributed by atoms with Crippen LogP contribution < -0.4 is 10.6 Å².